The first-order valence-corrected chi connectivity index (χ1v) is 7.51. The van der Waals surface area contributed by atoms with Gasteiger partial charge in [0.05, 0.1) is 6.10 Å². The van der Waals surface area contributed by atoms with Crippen molar-refractivity contribution in [1.82, 2.24) is 4.90 Å². The first-order valence-electron chi connectivity index (χ1n) is 7.51. The average Bonchev–Trinajstić information content (AvgIpc) is 2.47. The molecule has 22 heavy (non-hydrogen) atoms. The minimum absolute atomic E-state index is 0.160. The zero-order valence-corrected chi connectivity index (χ0v) is 12.3. The second-order valence-electron chi connectivity index (χ2n) is 5.92. The smallest absolute Gasteiger partial charge is 0.129 e. The number of likely N-dealkylation sites (tertiary alicyclic amines) is 1. The van der Waals surface area contributed by atoms with Gasteiger partial charge in [0.2, 0.25) is 0 Å². The van der Waals surface area contributed by atoms with Crippen molar-refractivity contribution < 1.29 is 13.9 Å². The highest BCUT2D eigenvalue weighted by Gasteiger charge is 2.29. The number of benzene rings is 2. The van der Waals surface area contributed by atoms with E-state index in [4.69, 9.17) is 0 Å². The molecule has 2 nitrogen and oxygen atoms in total. The van der Waals surface area contributed by atoms with Gasteiger partial charge in [-0.25, -0.2) is 8.78 Å². The lowest BCUT2D eigenvalue weighted by Crippen LogP contribution is -2.49. The summed E-state index contributed by atoms with van der Waals surface area (Å²) in [6, 6.07) is 13.1. The molecule has 1 N–H and O–H groups in total. The molecule has 116 valence electrons. The van der Waals surface area contributed by atoms with Crippen LogP contribution in [0.4, 0.5) is 8.78 Å². The Morgan fingerprint density at radius 2 is 1.64 bits per heavy atom. The molecule has 0 spiro atoms. The summed E-state index contributed by atoms with van der Waals surface area (Å²) in [5.74, 6) is -0.143. The average molecular weight is 303 g/mol. The van der Waals surface area contributed by atoms with Gasteiger partial charge in [0.15, 0.2) is 0 Å². The zero-order chi connectivity index (χ0) is 15.5. The molecule has 1 atom stereocenters. The second kappa shape index (κ2) is 6.55. The fourth-order valence-electron chi connectivity index (χ4n) is 3.02. The Bertz CT molecular complexity index is 640. The summed E-state index contributed by atoms with van der Waals surface area (Å²) in [6.07, 6.45) is -0.116. The van der Waals surface area contributed by atoms with Gasteiger partial charge in [0.1, 0.15) is 11.6 Å². The van der Waals surface area contributed by atoms with E-state index in [1.165, 1.54) is 12.1 Å². The van der Waals surface area contributed by atoms with Crippen LogP contribution < -0.4 is 0 Å². The molecular weight excluding hydrogens is 284 g/mol. The first kappa shape index (κ1) is 15.1. The maximum absolute atomic E-state index is 13.6. The summed E-state index contributed by atoms with van der Waals surface area (Å²) in [7, 11) is 0. The van der Waals surface area contributed by atoms with Crippen LogP contribution in [0.2, 0.25) is 0 Å². The van der Waals surface area contributed by atoms with Crippen LogP contribution in [-0.4, -0.2) is 29.6 Å². The second-order valence-corrected chi connectivity index (χ2v) is 5.92. The van der Waals surface area contributed by atoms with E-state index in [0.717, 1.165) is 18.7 Å². The number of hydrogen-bond acceptors (Lipinski definition) is 2. The van der Waals surface area contributed by atoms with Gasteiger partial charge in [-0.3, -0.25) is 4.90 Å². The largest absolute Gasteiger partial charge is 0.387 e. The third-order valence-corrected chi connectivity index (χ3v) is 4.19. The quantitative estimate of drug-likeness (QED) is 0.917. The number of rotatable bonds is 5. The van der Waals surface area contributed by atoms with E-state index in [2.05, 4.69) is 4.90 Å². The summed E-state index contributed by atoms with van der Waals surface area (Å²) >= 11 is 0. The fourth-order valence-corrected chi connectivity index (χ4v) is 3.02. The van der Waals surface area contributed by atoms with Crippen LogP contribution in [0.3, 0.4) is 0 Å². The number of β-amino-alcohol motifs (C(OH)–C–C–N with tert-alkyl or cyclic N) is 1. The van der Waals surface area contributed by atoms with Crippen molar-refractivity contribution in [2.24, 2.45) is 5.92 Å². The van der Waals surface area contributed by atoms with Gasteiger partial charge in [0.25, 0.3) is 0 Å². The molecule has 1 unspecified atom stereocenters. The van der Waals surface area contributed by atoms with Crippen molar-refractivity contribution in [3.63, 3.8) is 0 Å². The number of aliphatic hydroxyl groups excluding tert-OH is 1. The monoisotopic (exact) mass is 303 g/mol. The van der Waals surface area contributed by atoms with E-state index in [0.29, 0.717) is 24.4 Å². The summed E-state index contributed by atoms with van der Waals surface area (Å²) in [5, 5.41) is 10.1. The Labute approximate surface area is 129 Å². The molecule has 0 aliphatic carbocycles. The Kier molecular flexibility index (Phi) is 4.50. The van der Waals surface area contributed by atoms with E-state index < -0.39 is 6.10 Å². The normalized spacial score (nSPS) is 17.2. The van der Waals surface area contributed by atoms with Crippen LogP contribution in [0, 0.1) is 17.6 Å². The van der Waals surface area contributed by atoms with E-state index in [9.17, 15) is 13.9 Å². The molecule has 2 aromatic rings. The van der Waals surface area contributed by atoms with Crippen LogP contribution in [-0.2, 0) is 6.42 Å². The summed E-state index contributed by atoms with van der Waals surface area (Å²) in [6.45, 7) is 2.02. The lowest BCUT2D eigenvalue weighted by Gasteiger charge is -2.40. The molecule has 0 bridgehead atoms. The third-order valence-electron chi connectivity index (χ3n) is 4.19. The summed E-state index contributed by atoms with van der Waals surface area (Å²) in [4.78, 5) is 2.07. The van der Waals surface area contributed by atoms with Crippen LogP contribution in [0.1, 0.15) is 17.2 Å². The van der Waals surface area contributed by atoms with Crippen LogP contribution in [0.25, 0.3) is 0 Å². The Balaban J connectivity index is 1.50. The molecule has 3 rings (SSSR count). The lowest BCUT2D eigenvalue weighted by molar-refractivity contribution is 0.0382. The van der Waals surface area contributed by atoms with Gasteiger partial charge in [-0.2, -0.15) is 0 Å². The zero-order valence-electron chi connectivity index (χ0n) is 12.3. The number of halogens is 2. The third kappa shape index (κ3) is 3.34. The lowest BCUT2D eigenvalue weighted by atomic mass is 9.91. The van der Waals surface area contributed by atoms with Crippen LogP contribution in [0.15, 0.2) is 48.5 Å². The molecule has 1 saturated heterocycles. The van der Waals surface area contributed by atoms with Gasteiger partial charge in [-0.05, 0) is 30.0 Å². The van der Waals surface area contributed by atoms with Crippen molar-refractivity contribution in [2.75, 3.05) is 19.6 Å². The molecule has 1 fully saturated rings. The van der Waals surface area contributed by atoms with Crippen LogP contribution in [0.5, 0.6) is 0 Å². The topological polar surface area (TPSA) is 23.5 Å². The SMILES string of the molecule is OC(CN1CC(Cc2ccccc2F)C1)c1ccccc1F. The number of aliphatic hydroxyl groups is 1. The van der Waals surface area contributed by atoms with Gasteiger partial charge in [0, 0.05) is 25.2 Å². The molecule has 0 saturated carbocycles. The van der Waals surface area contributed by atoms with E-state index in [1.54, 1.807) is 24.3 Å². The highest BCUT2D eigenvalue weighted by Crippen LogP contribution is 2.25. The maximum atomic E-state index is 13.6. The first-order chi connectivity index (χ1) is 10.6. The van der Waals surface area contributed by atoms with Gasteiger partial charge >= 0.3 is 0 Å². The van der Waals surface area contributed by atoms with E-state index in [1.807, 2.05) is 12.1 Å². The molecule has 1 aliphatic rings. The van der Waals surface area contributed by atoms with Crippen molar-refractivity contribution in [3.8, 4) is 0 Å². The fraction of sp³-hybridized carbons (Fsp3) is 0.333. The molecule has 2 aromatic carbocycles. The molecule has 0 amide bonds. The van der Waals surface area contributed by atoms with Crippen molar-refractivity contribution in [2.45, 2.75) is 12.5 Å². The Morgan fingerprint density at radius 3 is 2.32 bits per heavy atom. The van der Waals surface area contributed by atoms with Crippen molar-refractivity contribution in [1.29, 1.82) is 0 Å². The van der Waals surface area contributed by atoms with Crippen LogP contribution >= 0.6 is 0 Å². The summed E-state index contributed by atoms with van der Waals surface area (Å²) in [5.41, 5.74) is 1.07. The molecule has 1 heterocycles. The molecule has 0 aromatic heterocycles. The summed E-state index contributed by atoms with van der Waals surface area (Å²) < 4.78 is 27.2. The van der Waals surface area contributed by atoms with E-state index >= 15 is 0 Å². The molecule has 0 radical (unpaired) electrons. The van der Waals surface area contributed by atoms with Gasteiger partial charge < -0.3 is 5.11 Å². The number of nitrogens with zero attached hydrogens (tertiary/aromatic N) is 1. The number of hydrogen-bond donors (Lipinski definition) is 1. The highest BCUT2D eigenvalue weighted by atomic mass is 19.1. The Morgan fingerprint density at radius 1 is 1.00 bits per heavy atom. The highest BCUT2D eigenvalue weighted by molar-refractivity contribution is 5.21. The van der Waals surface area contributed by atoms with Crippen molar-refractivity contribution >= 4 is 0 Å². The standard InChI is InChI=1S/C18H19F2NO/c19-16-7-3-1-5-14(16)9-13-10-21(11-13)12-18(22)15-6-2-4-8-17(15)20/h1-8,13,18,22H,9-12H2. The van der Waals surface area contributed by atoms with E-state index in [-0.39, 0.29) is 11.6 Å². The maximum Gasteiger partial charge on any atom is 0.129 e. The van der Waals surface area contributed by atoms with Gasteiger partial charge in [-0.15, -0.1) is 0 Å². The molecular formula is C18H19F2NO. The van der Waals surface area contributed by atoms with Crippen molar-refractivity contribution in [3.05, 3.63) is 71.3 Å². The minimum Gasteiger partial charge on any atom is -0.387 e. The minimum atomic E-state index is -0.824. The molecule has 1 aliphatic heterocycles. The molecule has 4 heteroatoms. The Hall–Kier alpha value is -1.78. The predicted molar refractivity (Wildman–Crippen MR) is 81.4 cm³/mol. The van der Waals surface area contributed by atoms with Gasteiger partial charge in [-0.1, -0.05) is 36.4 Å². The predicted octanol–water partition coefficient (Wildman–Crippen LogP) is 3.17.